The Morgan fingerprint density at radius 3 is 2.97 bits per heavy atom. The molecule has 158 valence electrons. The molecule has 0 bridgehead atoms. The number of cyclic esters (lactones) is 1. The van der Waals surface area contributed by atoms with Crippen LogP contribution in [0.1, 0.15) is 5.56 Å². The first-order valence-electron chi connectivity index (χ1n) is 9.39. The fourth-order valence-electron chi connectivity index (χ4n) is 3.89. The molecule has 1 N–H and O–H groups in total. The van der Waals surface area contributed by atoms with E-state index in [1.807, 2.05) is 0 Å². The van der Waals surface area contributed by atoms with E-state index in [1.165, 1.54) is 35.3 Å². The maximum atomic E-state index is 15.0. The van der Waals surface area contributed by atoms with E-state index in [1.54, 1.807) is 18.2 Å². The zero-order valence-electron chi connectivity index (χ0n) is 16.2. The van der Waals surface area contributed by atoms with E-state index in [0.717, 1.165) is 5.56 Å². The summed E-state index contributed by atoms with van der Waals surface area (Å²) >= 11 is 0. The van der Waals surface area contributed by atoms with Gasteiger partial charge in [0.15, 0.2) is 5.82 Å². The van der Waals surface area contributed by atoms with Crippen molar-refractivity contribution in [2.24, 2.45) is 0 Å². The van der Waals surface area contributed by atoms with Crippen LogP contribution in [-0.2, 0) is 15.9 Å². The van der Waals surface area contributed by atoms with E-state index in [9.17, 15) is 14.0 Å². The summed E-state index contributed by atoms with van der Waals surface area (Å²) in [6, 6.07) is 6.12. The number of carbonyl (C=O) groups excluding carboxylic acids is 2. The Bertz CT molecular complexity index is 1150. The fraction of sp³-hybridized carbons (Fsp3) is 0.263. The molecule has 0 saturated carbocycles. The zero-order valence-corrected chi connectivity index (χ0v) is 16.2. The number of fused-ring (bicyclic) bond motifs is 3. The van der Waals surface area contributed by atoms with Crippen LogP contribution in [-0.4, -0.2) is 63.2 Å². The van der Waals surface area contributed by atoms with Gasteiger partial charge in [-0.2, -0.15) is 4.68 Å². The number of rotatable bonds is 4. The molecule has 1 aromatic carbocycles. The molecule has 2 atom stereocenters. The number of alkyl carbamates (subject to hydrolysis) is 1. The first kappa shape index (κ1) is 18.9. The third kappa shape index (κ3) is 3.21. The van der Waals surface area contributed by atoms with Gasteiger partial charge in [-0.1, -0.05) is 0 Å². The van der Waals surface area contributed by atoms with Gasteiger partial charge in [0.25, 0.3) is 0 Å². The Kier molecular flexibility index (Phi) is 4.46. The highest BCUT2D eigenvalue weighted by atomic mass is 19.1. The number of halogens is 1. The van der Waals surface area contributed by atoms with E-state index < -0.39 is 24.1 Å². The monoisotopic (exact) mass is 425 g/mol. The molecule has 31 heavy (non-hydrogen) atoms. The Morgan fingerprint density at radius 2 is 2.26 bits per heavy atom. The summed E-state index contributed by atoms with van der Waals surface area (Å²) in [5.74, 6) is 0.0139. The Hall–Kier alpha value is -4.09. The molecule has 0 aliphatic carbocycles. The zero-order chi connectivity index (χ0) is 21.5. The topological polar surface area (TPSA) is 124 Å². The summed E-state index contributed by atoms with van der Waals surface area (Å²) in [6.07, 6.45) is 1.67. The van der Waals surface area contributed by atoms with Gasteiger partial charge in [0.2, 0.25) is 0 Å². The van der Waals surface area contributed by atoms with Crippen molar-refractivity contribution in [3.05, 3.63) is 48.2 Å². The summed E-state index contributed by atoms with van der Waals surface area (Å²) in [5, 5.41) is 13.4. The lowest BCUT2D eigenvalue weighted by atomic mass is 10.00. The van der Waals surface area contributed by atoms with Gasteiger partial charge in [-0.25, -0.2) is 19.0 Å². The average molecular weight is 425 g/mol. The smallest absolute Gasteiger partial charge is 0.415 e. The molecule has 1 saturated heterocycles. The number of nitrogens with one attached hydrogen (secondary N) is 1. The number of nitrogens with zero attached hydrogens (tertiary/aromatic N) is 6. The van der Waals surface area contributed by atoms with Gasteiger partial charge in [0, 0.05) is 17.3 Å². The Balaban J connectivity index is 1.41. The second-order valence-corrected chi connectivity index (χ2v) is 7.06. The summed E-state index contributed by atoms with van der Waals surface area (Å²) < 4.78 is 26.3. The minimum absolute atomic E-state index is 0.103. The van der Waals surface area contributed by atoms with E-state index in [0.29, 0.717) is 29.1 Å². The molecule has 0 spiro atoms. The maximum Gasteiger partial charge on any atom is 0.415 e. The van der Waals surface area contributed by atoms with Crippen molar-refractivity contribution in [3.8, 4) is 16.9 Å². The van der Waals surface area contributed by atoms with Crippen LogP contribution in [0.25, 0.3) is 16.9 Å². The lowest BCUT2D eigenvalue weighted by molar-refractivity contribution is 0.123. The number of benzene rings is 1. The highest BCUT2D eigenvalue weighted by Gasteiger charge is 2.47. The molecule has 2 aromatic heterocycles. The maximum absolute atomic E-state index is 15.0. The number of ether oxygens (including phenoxy) is 2. The van der Waals surface area contributed by atoms with Crippen LogP contribution in [0.3, 0.4) is 0 Å². The standard InChI is InChI=1S/C19H16FN7O4/c1-30-18(28)22-8-16-15-5-11-4-12(13(20)6-14(11)27(15)19(29)31-16)10-2-3-17(21-7-10)26-9-23-24-25-26/h2-4,6-7,9,15-16H,5,8H2,1H3,(H,22,28)/t15-,16-/m0/s1. The van der Waals surface area contributed by atoms with Gasteiger partial charge < -0.3 is 14.8 Å². The van der Waals surface area contributed by atoms with E-state index in [4.69, 9.17) is 4.74 Å². The van der Waals surface area contributed by atoms with Crippen molar-refractivity contribution < 1.29 is 23.5 Å². The van der Waals surface area contributed by atoms with E-state index >= 15 is 0 Å². The Labute approximate surface area is 174 Å². The predicted molar refractivity (Wildman–Crippen MR) is 103 cm³/mol. The molecule has 2 aliphatic rings. The molecule has 11 nitrogen and oxygen atoms in total. The van der Waals surface area contributed by atoms with E-state index in [2.05, 4.69) is 30.6 Å². The van der Waals surface area contributed by atoms with Crippen LogP contribution >= 0.6 is 0 Å². The molecule has 1 fully saturated rings. The number of aromatic nitrogens is 5. The number of methoxy groups -OCH3 is 1. The highest BCUT2D eigenvalue weighted by molar-refractivity contribution is 5.94. The molecule has 12 heteroatoms. The second-order valence-electron chi connectivity index (χ2n) is 7.06. The number of hydrogen-bond donors (Lipinski definition) is 1. The van der Waals surface area contributed by atoms with Gasteiger partial charge in [-0.05, 0) is 46.7 Å². The number of tetrazole rings is 1. The van der Waals surface area contributed by atoms with Gasteiger partial charge in [-0.3, -0.25) is 4.90 Å². The minimum Gasteiger partial charge on any atom is -0.453 e. The van der Waals surface area contributed by atoms with Crippen LogP contribution in [0, 0.1) is 5.82 Å². The van der Waals surface area contributed by atoms with Gasteiger partial charge in [0.05, 0.1) is 25.4 Å². The third-order valence-corrected chi connectivity index (χ3v) is 5.34. The molecule has 3 aromatic rings. The van der Waals surface area contributed by atoms with Crippen LogP contribution in [0.2, 0.25) is 0 Å². The van der Waals surface area contributed by atoms with E-state index in [-0.39, 0.29) is 12.6 Å². The molecule has 2 amide bonds. The second kappa shape index (κ2) is 7.31. The van der Waals surface area contributed by atoms with Gasteiger partial charge in [0.1, 0.15) is 18.2 Å². The van der Waals surface area contributed by atoms with Crippen molar-refractivity contribution in [2.75, 3.05) is 18.6 Å². The summed E-state index contributed by atoms with van der Waals surface area (Å²) in [4.78, 5) is 29.4. The first-order valence-corrected chi connectivity index (χ1v) is 9.39. The van der Waals surface area contributed by atoms with Crippen molar-refractivity contribution in [1.82, 2.24) is 30.5 Å². The molecule has 2 aliphatic heterocycles. The summed E-state index contributed by atoms with van der Waals surface area (Å²) in [7, 11) is 1.25. The van der Waals surface area contributed by atoms with Crippen LogP contribution in [0.4, 0.5) is 19.7 Å². The summed E-state index contributed by atoms with van der Waals surface area (Å²) in [5.41, 5.74) is 2.23. The fourth-order valence-corrected chi connectivity index (χ4v) is 3.89. The average Bonchev–Trinajstić information content (AvgIpc) is 3.49. The van der Waals surface area contributed by atoms with Crippen LogP contribution < -0.4 is 10.2 Å². The van der Waals surface area contributed by atoms with Crippen LogP contribution in [0.15, 0.2) is 36.8 Å². The largest absolute Gasteiger partial charge is 0.453 e. The number of amides is 2. The number of anilines is 1. The molecule has 5 rings (SSSR count). The SMILES string of the molecule is COC(=O)NC[C@@H]1OC(=O)N2c3cc(F)c(-c4ccc(-n5cnnn5)nc4)cc3C[C@@H]12. The molecular formula is C19H16FN7O4. The van der Waals surface area contributed by atoms with Crippen molar-refractivity contribution >= 4 is 17.9 Å². The predicted octanol–water partition coefficient (Wildman–Crippen LogP) is 1.47. The number of hydrogen-bond acceptors (Lipinski definition) is 8. The lowest BCUT2D eigenvalue weighted by Gasteiger charge is -2.16. The van der Waals surface area contributed by atoms with Crippen molar-refractivity contribution in [2.45, 2.75) is 18.6 Å². The third-order valence-electron chi connectivity index (χ3n) is 5.34. The van der Waals surface area contributed by atoms with Gasteiger partial charge in [-0.15, -0.1) is 5.10 Å². The Morgan fingerprint density at radius 1 is 1.39 bits per heavy atom. The summed E-state index contributed by atoms with van der Waals surface area (Å²) in [6.45, 7) is 0.103. The lowest BCUT2D eigenvalue weighted by Crippen LogP contribution is -2.40. The van der Waals surface area contributed by atoms with Crippen molar-refractivity contribution in [1.29, 1.82) is 0 Å². The normalized spacial score (nSPS) is 19.0. The molecule has 0 radical (unpaired) electrons. The first-order chi connectivity index (χ1) is 15.0. The quantitative estimate of drug-likeness (QED) is 0.666. The van der Waals surface area contributed by atoms with Crippen LogP contribution in [0.5, 0.6) is 0 Å². The van der Waals surface area contributed by atoms with Gasteiger partial charge >= 0.3 is 12.2 Å². The molecular weight excluding hydrogens is 409 g/mol. The number of carbonyl (C=O) groups is 2. The molecule has 0 unspecified atom stereocenters. The van der Waals surface area contributed by atoms with Crippen molar-refractivity contribution in [3.63, 3.8) is 0 Å². The highest BCUT2D eigenvalue weighted by Crippen LogP contribution is 2.41. The molecule has 4 heterocycles. The number of pyridine rings is 1. The minimum atomic E-state index is -0.615.